The third-order valence-corrected chi connectivity index (χ3v) is 2.83. The van der Waals surface area contributed by atoms with Crippen molar-refractivity contribution >= 4 is 5.91 Å². The van der Waals surface area contributed by atoms with E-state index in [4.69, 9.17) is 4.74 Å². The number of carbonyl (C=O) groups is 1. The molecule has 0 saturated carbocycles. The average Bonchev–Trinajstić information content (AvgIpc) is 2.37. The lowest BCUT2D eigenvalue weighted by Gasteiger charge is -2.19. The summed E-state index contributed by atoms with van der Waals surface area (Å²) in [6, 6.07) is 4.66. The molecule has 0 aliphatic carbocycles. The molecule has 0 bridgehead atoms. The van der Waals surface area contributed by atoms with Gasteiger partial charge in [-0.15, -0.1) is 0 Å². The van der Waals surface area contributed by atoms with Gasteiger partial charge in [-0.1, -0.05) is 13.8 Å². The number of amides is 1. The second-order valence-electron chi connectivity index (χ2n) is 5.71. The van der Waals surface area contributed by atoms with Gasteiger partial charge in [0.15, 0.2) is 6.10 Å². The van der Waals surface area contributed by atoms with Crippen LogP contribution in [0.1, 0.15) is 40.2 Å². The van der Waals surface area contributed by atoms with Crippen LogP contribution in [0.15, 0.2) is 18.2 Å². The van der Waals surface area contributed by atoms with Crippen LogP contribution in [0, 0.1) is 5.82 Å². The largest absolute Gasteiger partial charge is 0.481 e. The SMILES string of the molecule is CC(C)NCc1cc(F)ccc1OC(C)C(=O)NC(C)C. The maximum atomic E-state index is 13.4. The number of hydrogen-bond acceptors (Lipinski definition) is 3. The summed E-state index contributed by atoms with van der Waals surface area (Å²) < 4.78 is 19.1. The van der Waals surface area contributed by atoms with Crippen LogP contribution >= 0.6 is 0 Å². The van der Waals surface area contributed by atoms with E-state index < -0.39 is 6.10 Å². The molecule has 4 nitrogen and oxygen atoms in total. The predicted molar refractivity (Wildman–Crippen MR) is 81.7 cm³/mol. The minimum absolute atomic E-state index is 0.0545. The molecule has 0 aromatic heterocycles. The maximum Gasteiger partial charge on any atom is 0.260 e. The van der Waals surface area contributed by atoms with Gasteiger partial charge < -0.3 is 15.4 Å². The number of benzene rings is 1. The van der Waals surface area contributed by atoms with Gasteiger partial charge in [-0.05, 0) is 39.0 Å². The minimum atomic E-state index is -0.629. The number of hydrogen-bond donors (Lipinski definition) is 2. The molecule has 21 heavy (non-hydrogen) atoms. The molecular weight excluding hydrogens is 271 g/mol. The van der Waals surface area contributed by atoms with E-state index in [1.54, 1.807) is 13.0 Å². The van der Waals surface area contributed by atoms with Crippen LogP contribution in [0.2, 0.25) is 0 Å². The molecule has 1 atom stereocenters. The van der Waals surface area contributed by atoms with Crippen molar-refractivity contribution in [3.63, 3.8) is 0 Å². The van der Waals surface area contributed by atoms with Crippen molar-refractivity contribution in [2.45, 2.75) is 59.4 Å². The van der Waals surface area contributed by atoms with Gasteiger partial charge in [-0.25, -0.2) is 4.39 Å². The minimum Gasteiger partial charge on any atom is -0.481 e. The molecule has 1 aromatic carbocycles. The van der Waals surface area contributed by atoms with Crippen molar-refractivity contribution in [2.24, 2.45) is 0 Å². The van der Waals surface area contributed by atoms with Gasteiger partial charge >= 0.3 is 0 Å². The van der Waals surface area contributed by atoms with Crippen molar-refractivity contribution in [3.8, 4) is 5.75 Å². The van der Waals surface area contributed by atoms with Crippen molar-refractivity contribution in [2.75, 3.05) is 0 Å². The first-order valence-electron chi connectivity index (χ1n) is 7.28. The van der Waals surface area contributed by atoms with E-state index in [1.807, 2.05) is 27.7 Å². The molecule has 0 aliphatic rings. The zero-order chi connectivity index (χ0) is 16.0. The molecule has 0 saturated heterocycles. The standard InChI is InChI=1S/C16H25FN2O2/c1-10(2)18-9-13-8-14(17)6-7-15(13)21-12(5)16(20)19-11(3)4/h6-8,10-12,18H,9H2,1-5H3,(H,19,20). The van der Waals surface area contributed by atoms with Gasteiger partial charge in [-0.3, -0.25) is 4.79 Å². The van der Waals surface area contributed by atoms with Gasteiger partial charge in [-0.2, -0.15) is 0 Å². The smallest absolute Gasteiger partial charge is 0.260 e. The van der Waals surface area contributed by atoms with Crippen LogP contribution in [0.4, 0.5) is 4.39 Å². The molecule has 0 aliphatic heterocycles. The van der Waals surface area contributed by atoms with Gasteiger partial charge in [0.05, 0.1) is 0 Å². The highest BCUT2D eigenvalue weighted by molar-refractivity contribution is 5.80. The summed E-state index contributed by atoms with van der Waals surface area (Å²) in [5, 5.41) is 6.01. The molecule has 0 fully saturated rings. The first-order chi connectivity index (χ1) is 9.79. The van der Waals surface area contributed by atoms with Crippen molar-refractivity contribution in [1.82, 2.24) is 10.6 Å². The number of carbonyl (C=O) groups excluding carboxylic acids is 1. The molecule has 2 N–H and O–H groups in total. The average molecular weight is 296 g/mol. The Bertz CT molecular complexity index is 475. The predicted octanol–water partition coefficient (Wildman–Crippen LogP) is 2.62. The Morgan fingerprint density at radius 1 is 1.19 bits per heavy atom. The van der Waals surface area contributed by atoms with E-state index in [0.717, 1.165) is 0 Å². The summed E-state index contributed by atoms with van der Waals surface area (Å²) in [7, 11) is 0. The highest BCUT2D eigenvalue weighted by atomic mass is 19.1. The summed E-state index contributed by atoms with van der Waals surface area (Å²) in [5.74, 6) is 0.0234. The fraction of sp³-hybridized carbons (Fsp3) is 0.562. The molecule has 5 heteroatoms. The zero-order valence-corrected chi connectivity index (χ0v) is 13.4. The molecule has 0 radical (unpaired) electrons. The third-order valence-electron chi connectivity index (χ3n) is 2.83. The Morgan fingerprint density at radius 3 is 2.43 bits per heavy atom. The number of rotatable bonds is 7. The van der Waals surface area contributed by atoms with Crippen LogP contribution in [0.3, 0.4) is 0 Å². The van der Waals surface area contributed by atoms with Crippen LogP contribution in [-0.4, -0.2) is 24.1 Å². The lowest BCUT2D eigenvalue weighted by molar-refractivity contribution is -0.127. The van der Waals surface area contributed by atoms with Crippen molar-refractivity contribution < 1.29 is 13.9 Å². The van der Waals surface area contributed by atoms with Gasteiger partial charge in [0.1, 0.15) is 11.6 Å². The molecule has 1 rings (SSSR count). The summed E-state index contributed by atoms with van der Waals surface area (Å²) >= 11 is 0. The van der Waals surface area contributed by atoms with E-state index in [1.165, 1.54) is 12.1 Å². The summed E-state index contributed by atoms with van der Waals surface area (Å²) in [4.78, 5) is 11.9. The highest BCUT2D eigenvalue weighted by Gasteiger charge is 2.17. The third kappa shape index (κ3) is 6.12. The quantitative estimate of drug-likeness (QED) is 0.813. The fourth-order valence-corrected chi connectivity index (χ4v) is 1.76. The second-order valence-corrected chi connectivity index (χ2v) is 5.71. The van der Waals surface area contributed by atoms with Crippen LogP contribution in [0.25, 0.3) is 0 Å². The highest BCUT2D eigenvalue weighted by Crippen LogP contribution is 2.21. The Hall–Kier alpha value is -1.62. The first-order valence-corrected chi connectivity index (χ1v) is 7.28. The van der Waals surface area contributed by atoms with Crippen LogP contribution in [-0.2, 0) is 11.3 Å². The van der Waals surface area contributed by atoms with Gasteiger partial charge in [0.25, 0.3) is 5.91 Å². The summed E-state index contributed by atoms with van der Waals surface area (Å²) in [6.45, 7) is 9.97. The van der Waals surface area contributed by atoms with E-state index in [-0.39, 0.29) is 23.8 Å². The molecule has 1 unspecified atom stereocenters. The number of ether oxygens (including phenoxy) is 1. The maximum absolute atomic E-state index is 13.4. The Balaban J connectivity index is 2.79. The molecule has 0 heterocycles. The fourth-order valence-electron chi connectivity index (χ4n) is 1.76. The van der Waals surface area contributed by atoms with E-state index in [0.29, 0.717) is 17.9 Å². The van der Waals surface area contributed by atoms with E-state index in [2.05, 4.69) is 10.6 Å². The molecular formula is C16H25FN2O2. The molecule has 1 amide bonds. The summed E-state index contributed by atoms with van der Waals surface area (Å²) in [5.41, 5.74) is 0.702. The number of halogens is 1. The molecule has 1 aromatic rings. The Labute approximate surface area is 126 Å². The Morgan fingerprint density at radius 2 is 1.86 bits per heavy atom. The normalized spacial score (nSPS) is 12.6. The van der Waals surface area contributed by atoms with E-state index >= 15 is 0 Å². The van der Waals surface area contributed by atoms with E-state index in [9.17, 15) is 9.18 Å². The zero-order valence-electron chi connectivity index (χ0n) is 13.4. The molecule has 118 valence electrons. The molecule has 0 spiro atoms. The lowest BCUT2D eigenvalue weighted by Crippen LogP contribution is -2.40. The monoisotopic (exact) mass is 296 g/mol. The first kappa shape index (κ1) is 17.4. The second kappa shape index (κ2) is 7.98. The van der Waals surface area contributed by atoms with Gasteiger partial charge in [0, 0.05) is 24.2 Å². The van der Waals surface area contributed by atoms with Crippen molar-refractivity contribution in [3.05, 3.63) is 29.6 Å². The number of nitrogens with one attached hydrogen (secondary N) is 2. The van der Waals surface area contributed by atoms with Crippen LogP contribution in [0.5, 0.6) is 5.75 Å². The topological polar surface area (TPSA) is 50.4 Å². The van der Waals surface area contributed by atoms with Crippen molar-refractivity contribution in [1.29, 1.82) is 0 Å². The summed E-state index contributed by atoms with van der Waals surface area (Å²) in [6.07, 6.45) is -0.629. The van der Waals surface area contributed by atoms with Gasteiger partial charge in [0.2, 0.25) is 0 Å². The lowest BCUT2D eigenvalue weighted by atomic mass is 10.1. The Kier molecular flexibility index (Phi) is 6.62. The van der Waals surface area contributed by atoms with Crippen LogP contribution < -0.4 is 15.4 Å².